The number of hydrogen-bond donors (Lipinski definition) is 4. The molecule has 0 bridgehead atoms. The molecule has 1 aromatic rings. The minimum absolute atomic E-state index is 0.0400. The number of benzene rings is 1. The van der Waals surface area contributed by atoms with Gasteiger partial charge in [-0.05, 0) is 17.7 Å². The molecule has 0 aliphatic rings. The Labute approximate surface area is 137 Å². The molecule has 1 rings (SSSR count). The van der Waals surface area contributed by atoms with Gasteiger partial charge >= 0.3 is 5.97 Å². The van der Waals surface area contributed by atoms with Crippen molar-refractivity contribution in [2.75, 3.05) is 0 Å². The number of amides is 3. The van der Waals surface area contributed by atoms with Gasteiger partial charge in [0.15, 0.2) is 0 Å². The highest BCUT2D eigenvalue weighted by Crippen LogP contribution is 2.07. The van der Waals surface area contributed by atoms with Crippen molar-refractivity contribution >= 4 is 23.7 Å². The first-order chi connectivity index (χ1) is 11.2. The van der Waals surface area contributed by atoms with Crippen molar-refractivity contribution in [3.63, 3.8) is 0 Å². The van der Waals surface area contributed by atoms with Crippen LogP contribution in [-0.4, -0.2) is 40.9 Å². The molecule has 24 heavy (non-hydrogen) atoms. The lowest BCUT2D eigenvalue weighted by Crippen LogP contribution is -2.53. The Hall–Kier alpha value is -2.97. The average molecular weight is 339 g/mol. The highest BCUT2D eigenvalue weighted by Gasteiger charge is 2.26. The molecule has 0 radical (unpaired) electrons. The van der Waals surface area contributed by atoms with Gasteiger partial charge in [-0.1, -0.05) is 12.1 Å². The molecule has 2 atom stereocenters. The van der Waals surface area contributed by atoms with Crippen LogP contribution in [0.2, 0.25) is 0 Å². The number of carbonyl (C=O) groups is 4. The summed E-state index contributed by atoms with van der Waals surface area (Å²) in [5, 5.41) is 13.3. The summed E-state index contributed by atoms with van der Waals surface area (Å²) in [6.45, 7) is 1.19. The summed E-state index contributed by atoms with van der Waals surface area (Å²) in [5.74, 6) is -4.14. The zero-order valence-corrected chi connectivity index (χ0v) is 12.9. The van der Waals surface area contributed by atoms with Gasteiger partial charge in [-0.25, -0.2) is 4.39 Å². The lowest BCUT2D eigenvalue weighted by Gasteiger charge is -2.21. The molecule has 0 aromatic heterocycles. The second-order valence-electron chi connectivity index (χ2n) is 5.15. The van der Waals surface area contributed by atoms with E-state index in [9.17, 15) is 23.6 Å². The maximum Gasteiger partial charge on any atom is 0.305 e. The topological polar surface area (TPSA) is 139 Å². The Balaban J connectivity index is 2.89. The lowest BCUT2D eigenvalue weighted by molar-refractivity contribution is -0.140. The number of rotatable bonds is 8. The molecule has 0 unspecified atom stereocenters. The molecule has 0 saturated carbocycles. The minimum atomic E-state index is -1.42. The Bertz CT molecular complexity index is 650. The average Bonchev–Trinajstić information content (AvgIpc) is 2.44. The van der Waals surface area contributed by atoms with E-state index in [-0.39, 0.29) is 6.42 Å². The van der Waals surface area contributed by atoms with Gasteiger partial charge in [-0.3, -0.25) is 19.2 Å². The molecule has 130 valence electrons. The van der Waals surface area contributed by atoms with Crippen LogP contribution in [0.15, 0.2) is 24.3 Å². The second kappa shape index (κ2) is 8.61. The van der Waals surface area contributed by atoms with Crippen LogP contribution >= 0.6 is 0 Å². The van der Waals surface area contributed by atoms with Crippen molar-refractivity contribution < 1.29 is 28.7 Å². The number of carboxylic acid groups (broad SMARTS) is 1. The Morgan fingerprint density at radius 2 is 1.88 bits per heavy atom. The summed E-state index contributed by atoms with van der Waals surface area (Å²) in [6, 6.07) is 2.91. The van der Waals surface area contributed by atoms with Gasteiger partial charge in [0.2, 0.25) is 17.7 Å². The number of nitrogens with two attached hydrogens (primary N) is 1. The summed E-state index contributed by atoms with van der Waals surface area (Å²) in [6.07, 6.45) is -0.727. The molecule has 0 saturated heterocycles. The first-order valence-electron chi connectivity index (χ1n) is 7.02. The normalized spacial score (nSPS) is 12.8. The Kier molecular flexibility index (Phi) is 6.84. The summed E-state index contributed by atoms with van der Waals surface area (Å²) < 4.78 is 13.2. The van der Waals surface area contributed by atoms with Crippen molar-refractivity contribution in [1.29, 1.82) is 0 Å². The summed E-state index contributed by atoms with van der Waals surface area (Å²) in [5.41, 5.74) is 5.50. The largest absolute Gasteiger partial charge is 0.481 e. The SMILES string of the molecule is CC(=O)N[C@@H](Cc1cccc(F)c1)C(=O)N[C@@H](CC(=O)O)C(N)=O. The summed E-state index contributed by atoms with van der Waals surface area (Å²) in [4.78, 5) is 45.4. The van der Waals surface area contributed by atoms with Crippen molar-refractivity contribution in [2.24, 2.45) is 5.73 Å². The number of nitrogens with one attached hydrogen (secondary N) is 2. The monoisotopic (exact) mass is 339 g/mol. The second-order valence-corrected chi connectivity index (χ2v) is 5.15. The third-order valence-corrected chi connectivity index (χ3v) is 3.06. The van der Waals surface area contributed by atoms with Crippen LogP contribution in [0.3, 0.4) is 0 Å². The van der Waals surface area contributed by atoms with E-state index in [2.05, 4.69) is 10.6 Å². The third-order valence-electron chi connectivity index (χ3n) is 3.06. The van der Waals surface area contributed by atoms with E-state index in [1.165, 1.54) is 25.1 Å². The first-order valence-corrected chi connectivity index (χ1v) is 7.02. The van der Waals surface area contributed by atoms with Crippen LogP contribution in [0, 0.1) is 5.82 Å². The molecule has 3 amide bonds. The van der Waals surface area contributed by atoms with Crippen LogP contribution in [0.25, 0.3) is 0 Å². The van der Waals surface area contributed by atoms with Crippen LogP contribution in [-0.2, 0) is 25.6 Å². The first kappa shape index (κ1) is 19.1. The molecule has 5 N–H and O–H groups in total. The summed E-state index contributed by atoms with van der Waals surface area (Å²) >= 11 is 0. The maximum atomic E-state index is 13.2. The molecule has 0 fully saturated rings. The van der Waals surface area contributed by atoms with Crippen LogP contribution in [0.4, 0.5) is 4.39 Å². The number of aliphatic carboxylic acids is 1. The lowest BCUT2D eigenvalue weighted by atomic mass is 10.0. The van der Waals surface area contributed by atoms with E-state index in [4.69, 9.17) is 10.8 Å². The van der Waals surface area contributed by atoms with Gasteiger partial charge in [0.05, 0.1) is 6.42 Å². The van der Waals surface area contributed by atoms with Gasteiger partial charge in [-0.15, -0.1) is 0 Å². The van der Waals surface area contributed by atoms with Gasteiger partial charge in [0.25, 0.3) is 0 Å². The fourth-order valence-electron chi connectivity index (χ4n) is 2.02. The van der Waals surface area contributed by atoms with E-state index in [0.29, 0.717) is 5.56 Å². The van der Waals surface area contributed by atoms with E-state index in [1.807, 2.05) is 0 Å². The van der Waals surface area contributed by atoms with Crippen molar-refractivity contribution in [3.8, 4) is 0 Å². The maximum absolute atomic E-state index is 13.2. The molecular formula is C15H18FN3O5. The molecular weight excluding hydrogens is 321 g/mol. The zero-order valence-electron chi connectivity index (χ0n) is 12.9. The molecule has 0 heterocycles. The van der Waals surface area contributed by atoms with E-state index < -0.39 is 48.0 Å². The smallest absolute Gasteiger partial charge is 0.305 e. The van der Waals surface area contributed by atoms with Crippen molar-refractivity contribution in [2.45, 2.75) is 31.8 Å². The fourth-order valence-corrected chi connectivity index (χ4v) is 2.02. The number of halogens is 1. The predicted octanol–water partition coefficient (Wildman–Crippen LogP) is -0.682. The number of carbonyl (C=O) groups excluding carboxylic acids is 3. The Morgan fingerprint density at radius 1 is 1.21 bits per heavy atom. The van der Waals surface area contributed by atoms with E-state index in [1.54, 1.807) is 6.07 Å². The quantitative estimate of drug-likeness (QED) is 0.497. The third kappa shape index (κ3) is 6.42. The summed E-state index contributed by atoms with van der Waals surface area (Å²) in [7, 11) is 0. The zero-order chi connectivity index (χ0) is 18.3. The van der Waals surface area contributed by atoms with Gasteiger partial charge in [0, 0.05) is 13.3 Å². The highest BCUT2D eigenvalue weighted by molar-refractivity contribution is 5.93. The number of carboxylic acids is 1. The highest BCUT2D eigenvalue weighted by atomic mass is 19.1. The minimum Gasteiger partial charge on any atom is -0.481 e. The molecule has 8 nitrogen and oxygen atoms in total. The number of primary amides is 1. The number of hydrogen-bond acceptors (Lipinski definition) is 4. The van der Waals surface area contributed by atoms with Gasteiger partial charge < -0.3 is 21.5 Å². The van der Waals surface area contributed by atoms with Crippen LogP contribution in [0.1, 0.15) is 18.9 Å². The van der Waals surface area contributed by atoms with Gasteiger partial charge in [0.1, 0.15) is 17.9 Å². The molecule has 1 aromatic carbocycles. The molecule has 0 spiro atoms. The van der Waals surface area contributed by atoms with Crippen molar-refractivity contribution in [1.82, 2.24) is 10.6 Å². The Morgan fingerprint density at radius 3 is 2.38 bits per heavy atom. The van der Waals surface area contributed by atoms with E-state index >= 15 is 0 Å². The standard InChI is InChI=1S/C15H18FN3O5/c1-8(20)18-12(6-9-3-2-4-10(16)5-9)15(24)19-11(14(17)23)7-13(21)22/h2-5,11-12H,6-7H2,1H3,(H2,17,23)(H,18,20)(H,19,24)(H,21,22)/t11-,12-/m0/s1. The fraction of sp³-hybridized carbons (Fsp3) is 0.333. The molecule has 9 heteroatoms. The van der Waals surface area contributed by atoms with Gasteiger partial charge in [-0.2, -0.15) is 0 Å². The van der Waals surface area contributed by atoms with Crippen LogP contribution < -0.4 is 16.4 Å². The van der Waals surface area contributed by atoms with E-state index in [0.717, 1.165) is 0 Å². The predicted molar refractivity (Wildman–Crippen MR) is 81.1 cm³/mol. The van der Waals surface area contributed by atoms with Crippen molar-refractivity contribution in [3.05, 3.63) is 35.6 Å². The molecule has 0 aliphatic carbocycles. The molecule has 0 aliphatic heterocycles. The van der Waals surface area contributed by atoms with Crippen LogP contribution in [0.5, 0.6) is 0 Å².